The van der Waals surface area contributed by atoms with E-state index < -0.39 is 5.97 Å². The minimum absolute atomic E-state index is 0.00952. The van der Waals surface area contributed by atoms with Crippen LogP contribution in [0.4, 0.5) is 5.82 Å². The van der Waals surface area contributed by atoms with E-state index in [0.29, 0.717) is 42.8 Å². The first kappa shape index (κ1) is 20.7. The summed E-state index contributed by atoms with van der Waals surface area (Å²) in [6, 6.07) is 22.1. The SMILES string of the molecule is N#Cc1c(-c2ccc3ccc(-c4ccccc4)nc3c2)nn(C2CCC(C(=O)O)CC2)c1N. The molecule has 0 atom stereocenters. The standard InChI is InChI=1S/C26H23N5O2/c27-15-21-24(30-31(25(21)28)20-11-8-18(9-12-20)26(32)33)19-7-6-17-10-13-22(29-23(17)14-19)16-4-2-1-3-5-16/h1-7,10,13-14,18,20H,8-9,11-12,28H2,(H,32,33). The van der Waals surface area contributed by atoms with Crippen molar-refractivity contribution in [3.63, 3.8) is 0 Å². The Balaban J connectivity index is 1.52. The summed E-state index contributed by atoms with van der Waals surface area (Å²) in [7, 11) is 0. The summed E-state index contributed by atoms with van der Waals surface area (Å²) in [5.74, 6) is -0.741. The summed E-state index contributed by atoms with van der Waals surface area (Å²) in [6.07, 6.45) is 2.51. The third kappa shape index (κ3) is 3.80. The van der Waals surface area contributed by atoms with Gasteiger partial charge >= 0.3 is 5.97 Å². The van der Waals surface area contributed by atoms with Gasteiger partial charge in [0.15, 0.2) is 0 Å². The molecule has 2 aromatic heterocycles. The summed E-state index contributed by atoms with van der Waals surface area (Å²) in [4.78, 5) is 16.1. The average molecular weight is 438 g/mol. The second-order valence-electron chi connectivity index (χ2n) is 8.48. The van der Waals surface area contributed by atoms with Gasteiger partial charge in [-0.2, -0.15) is 10.4 Å². The summed E-state index contributed by atoms with van der Waals surface area (Å²) < 4.78 is 1.71. The fourth-order valence-corrected chi connectivity index (χ4v) is 4.64. The molecule has 1 aliphatic carbocycles. The Kier molecular flexibility index (Phi) is 5.27. The molecule has 3 N–H and O–H groups in total. The maximum Gasteiger partial charge on any atom is 0.306 e. The molecule has 0 aliphatic heterocycles. The lowest BCUT2D eigenvalue weighted by Crippen LogP contribution is -2.24. The average Bonchev–Trinajstić information content (AvgIpc) is 3.20. The predicted molar refractivity (Wildman–Crippen MR) is 126 cm³/mol. The van der Waals surface area contributed by atoms with E-state index >= 15 is 0 Å². The molecule has 0 saturated heterocycles. The van der Waals surface area contributed by atoms with Gasteiger partial charge in [0.1, 0.15) is 23.1 Å². The van der Waals surface area contributed by atoms with Crippen LogP contribution >= 0.6 is 0 Å². The zero-order valence-corrected chi connectivity index (χ0v) is 18.0. The molecule has 0 bridgehead atoms. The number of carboxylic acids is 1. The van der Waals surface area contributed by atoms with E-state index in [9.17, 15) is 15.2 Å². The normalized spacial score (nSPS) is 18.2. The third-order valence-corrected chi connectivity index (χ3v) is 6.49. The van der Waals surface area contributed by atoms with Crippen LogP contribution in [0.15, 0.2) is 60.7 Å². The number of hydrogen-bond donors (Lipinski definition) is 2. The molecular formula is C26H23N5O2. The van der Waals surface area contributed by atoms with Crippen molar-refractivity contribution in [2.45, 2.75) is 31.7 Å². The number of anilines is 1. The molecule has 2 heterocycles. The number of fused-ring (bicyclic) bond motifs is 1. The van der Waals surface area contributed by atoms with Gasteiger partial charge in [0.2, 0.25) is 0 Å². The van der Waals surface area contributed by atoms with E-state index in [4.69, 9.17) is 15.8 Å². The smallest absolute Gasteiger partial charge is 0.306 e. The number of pyridine rings is 1. The molecule has 0 spiro atoms. The Morgan fingerprint density at radius 3 is 2.45 bits per heavy atom. The molecule has 0 unspecified atom stereocenters. The topological polar surface area (TPSA) is 118 Å². The van der Waals surface area contributed by atoms with Gasteiger partial charge in [-0.15, -0.1) is 0 Å². The van der Waals surface area contributed by atoms with E-state index in [1.807, 2.05) is 60.7 Å². The van der Waals surface area contributed by atoms with Crippen molar-refractivity contribution in [2.75, 3.05) is 5.73 Å². The molecule has 164 valence electrons. The number of nitrogens with zero attached hydrogens (tertiary/aromatic N) is 4. The predicted octanol–water partition coefficient (Wildman–Crippen LogP) is 5.04. The van der Waals surface area contributed by atoms with Gasteiger partial charge in [-0.25, -0.2) is 9.67 Å². The lowest BCUT2D eigenvalue weighted by atomic mass is 9.86. The van der Waals surface area contributed by atoms with Crippen molar-refractivity contribution in [2.24, 2.45) is 5.92 Å². The highest BCUT2D eigenvalue weighted by atomic mass is 16.4. The van der Waals surface area contributed by atoms with Crippen LogP contribution in [0.1, 0.15) is 37.3 Å². The number of hydrogen-bond acceptors (Lipinski definition) is 5. The van der Waals surface area contributed by atoms with Gasteiger partial charge in [0, 0.05) is 16.5 Å². The summed E-state index contributed by atoms with van der Waals surface area (Å²) >= 11 is 0. The van der Waals surface area contributed by atoms with Crippen molar-refractivity contribution in [1.82, 2.24) is 14.8 Å². The number of benzene rings is 2. The van der Waals surface area contributed by atoms with E-state index in [-0.39, 0.29) is 12.0 Å². The van der Waals surface area contributed by atoms with E-state index in [2.05, 4.69) is 6.07 Å². The number of carbonyl (C=O) groups is 1. The highest BCUT2D eigenvalue weighted by molar-refractivity contribution is 5.87. The van der Waals surface area contributed by atoms with Gasteiger partial charge in [-0.05, 0) is 37.8 Å². The zero-order valence-electron chi connectivity index (χ0n) is 18.0. The second kappa shape index (κ2) is 8.40. The number of nitriles is 1. The largest absolute Gasteiger partial charge is 0.481 e. The first-order valence-electron chi connectivity index (χ1n) is 11.0. The second-order valence-corrected chi connectivity index (χ2v) is 8.48. The highest BCUT2D eigenvalue weighted by Crippen LogP contribution is 2.37. The zero-order chi connectivity index (χ0) is 22.9. The number of nitrogen functional groups attached to an aromatic ring is 1. The molecule has 1 aliphatic rings. The Hall–Kier alpha value is -4.18. The molecule has 5 rings (SSSR count). The highest BCUT2D eigenvalue weighted by Gasteiger charge is 2.30. The molecule has 33 heavy (non-hydrogen) atoms. The Morgan fingerprint density at radius 2 is 1.76 bits per heavy atom. The van der Waals surface area contributed by atoms with Crippen molar-refractivity contribution in [3.8, 4) is 28.6 Å². The van der Waals surface area contributed by atoms with Gasteiger partial charge in [-0.3, -0.25) is 4.79 Å². The lowest BCUT2D eigenvalue weighted by Gasteiger charge is -2.26. The molecule has 4 aromatic rings. The van der Waals surface area contributed by atoms with Crippen molar-refractivity contribution >= 4 is 22.7 Å². The van der Waals surface area contributed by atoms with E-state index in [1.54, 1.807) is 4.68 Å². The van der Waals surface area contributed by atoms with Crippen LogP contribution in [-0.4, -0.2) is 25.8 Å². The fourth-order valence-electron chi connectivity index (χ4n) is 4.64. The Labute approximate surface area is 191 Å². The van der Waals surface area contributed by atoms with Crippen LogP contribution in [0.5, 0.6) is 0 Å². The Morgan fingerprint density at radius 1 is 1.03 bits per heavy atom. The van der Waals surface area contributed by atoms with Gasteiger partial charge in [0.25, 0.3) is 0 Å². The van der Waals surface area contributed by atoms with Gasteiger partial charge < -0.3 is 10.8 Å². The van der Waals surface area contributed by atoms with Crippen LogP contribution in [0.2, 0.25) is 0 Å². The van der Waals surface area contributed by atoms with Crippen LogP contribution < -0.4 is 5.73 Å². The maximum absolute atomic E-state index is 11.3. The molecule has 0 radical (unpaired) electrons. The number of aromatic nitrogens is 3. The molecule has 7 nitrogen and oxygen atoms in total. The monoisotopic (exact) mass is 437 g/mol. The third-order valence-electron chi connectivity index (χ3n) is 6.49. The van der Waals surface area contributed by atoms with Crippen molar-refractivity contribution < 1.29 is 9.90 Å². The molecule has 7 heteroatoms. The minimum atomic E-state index is -0.751. The molecule has 2 aromatic carbocycles. The van der Waals surface area contributed by atoms with Crippen LogP contribution in [-0.2, 0) is 4.79 Å². The number of carboxylic acid groups (broad SMARTS) is 1. The fraction of sp³-hybridized carbons (Fsp3) is 0.231. The first-order chi connectivity index (χ1) is 16.0. The minimum Gasteiger partial charge on any atom is -0.481 e. The summed E-state index contributed by atoms with van der Waals surface area (Å²) in [6.45, 7) is 0. The van der Waals surface area contributed by atoms with Crippen LogP contribution in [0.25, 0.3) is 33.4 Å². The van der Waals surface area contributed by atoms with Crippen LogP contribution in [0, 0.1) is 17.2 Å². The van der Waals surface area contributed by atoms with E-state index in [1.165, 1.54) is 0 Å². The van der Waals surface area contributed by atoms with Crippen LogP contribution in [0.3, 0.4) is 0 Å². The first-order valence-corrected chi connectivity index (χ1v) is 11.0. The Bertz CT molecular complexity index is 1380. The number of nitrogens with two attached hydrogens (primary N) is 1. The summed E-state index contributed by atoms with van der Waals surface area (Å²) in [5, 5.41) is 24.8. The van der Waals surface area contributed by atoms with Gasteiger partial charge in [0.05, 0.1) is 23.2 Å². The molecule has 0 amide bonds. The number of rotatable bonds is 4. The molecule has 1 saturated carbocycles. The molecular weight excluding hydrogens is 414 g/mol. The van der Waals surface area contributed by atoms with Crippen molar-refractivity contribution in [1.29, 1.82) is 5.26 Å². The quantitative estimate of drug-likeness (QED) is 0.462. The maximum atomic E-state index is 11.3. The lowest BCUT2D eigenvalue weighted by molar-refractivity contribution is -0.143. The molecule has 1 fully saturated rings. The number of aliphatic carboxylic acids is 1. The summed E-state index contributed by atoms with van der Waals surface area (Å²) in [5.41, 5.74) is 10.7. The van der Waals surface area contributed by atoms with Gasteiger partial charge in [-0.1, -0.05) is 48.5 Å². The van der Waals surface area contributed by atoms with E-state index in [0.717, 1.165) is 27.7 Å². The van der Waals surface area contributed by atoms with Crippen molar-refractivity contribution in [3.05, 3.63) is 66.2 Å².